The Kier molecular flexibility index (Phi) is 7.71. The van der Waals surface area contributed by atoms with E-state index in [2.05, 4.69) is 17.1 Å². The smallest absolute Gasteiger partial charge is 0.243 e. The van der Waals surface area contributed by atoms with Crippen LogP contribution in [0.4, 0.5) is 5.69 Å². The maximum Gasteiger partial charge on any atom is 0.243 e. The van der Waals surface area contributed by atoms with Crippen LogP contribution in [0.25, 0.3) is 0 Å². The van der Waals surface area contributed by atoms with Gasteiger partial charge in [-0.15, -0.1) is 0 Å². The predicted molar refractivity (Wildman–Crippen MR) is 132 cm³/mol. The number of nitrogens with one attached hydrogen (secondary N) is 1. The van der Waals surface area contributed by atoms with Crippen molar-refractivity contribution < 1.29 is 13.2 Å². The zero-order valence-corrected chi connectivity index (χ0v) is 20.3. The first kappa shape index (κ1) is 23.8. The zero-order valence-electron chi connectivity index (χ0n) is 19.4. The fourth-order valence-electron chi connectivity index (χ4n) is 4.88. The van der Waals surface area contributed by atoms with Gasteiger partial charge in [0.05, 0.1) is 4.90 Å². The van der Waals surface area contributed by atoms with Gasteiger partial charge in [0.15, 0.2) is 0 Å². The second-order valence-electron chi connectivity index (χ2n) is 9.44. The molecular weight excluding hydrogens is 434 g/mol. The van der Waals surface area contributed by atoms with Crippen molar-refractivity contribution in [2.24, 2.45) is 5.92 Å². The Hall–Kier alpha value is -2.38. The van der Waals surface area contributed by atoms with E-state index in [1.165, 1.54) is 17.1 Å². The van der Waals surface area contributed by atoms with Gasteiger partial charge in [0.1, 0.15) is 0 Å². The molecule has 4 rings (SSSR count). The highest BCUT2D eigenvalue weighted by molar-refractivity contribution is 7.89. The minimum absolute atomic E-state index is 0.0248. The van der Waals surface area contributed by atoms with Crippen LogP contribution in [0.5, 0.6) is 0 Å². The Morgan fingerprint density at radius 2 is 1.70 bits per heavy atom. The molecule has 0 radical (unpaired) electrons. The highest BCUT2D eigenvalue weighted by atomic mass is 32.2. The minimum Gasteiger partial charge on any atom is -0.371 e. The first-order valence-electron chi connectivity index (χ1n) is 12.1. The van der Waals surface area contributed by atoms with Gasteiger partial charge in [-0.1, -0.05) is 37.3 Å². The summed E-state index contributed by atoms with van der Waals surface area (Å²) in [6.07, 6.45) is 5.06. The molecule has 0 aromatic heterocycles. The van der Waals surface area contributed by atoms with E-state index >= 15 is 0 Å². The summed E-state index contributed by atoms with van der Waals surface area (Å²) in [6.45, 7) is 5.12. The van der Waals surface area contributed by atoms with Gasteiger partial charge in [0.25, 0.3) is 0 Å². The Morgan fingerprint density at radius 3 is 2.42 bits per heavy atom. The van der Waals surface area contributed by atoms with E-state index in [0.717, 1.165) is 37.2 Å². The molecule has 0 aliphatic carbocycles. The van der Waals surface area contributed by atoms with Crippen molar-refractivity contribution in [3.8, 4) is 0 Å². The van der Waals surface area contributed by atoms with Crippen LogP contribution in [-0.2, 0) is 21.2 Å². The van der Waals surface area contributed by atoms with Crippen LogP contribution < -0.4 is 10.2 Å². The molecular formula is C26H35N3O3S. The summed E-state index contributed by atoms with van der Waals surface area (Å²) in [5.41, 5.74) is 2.21. The molecule has 6 nitrogen and oxygen atoms in total. The summed E-state index contributed by atoms with van der Waals surface area (Å²) in [7, 11) is -3.58. The lowest BCUT2D eigenvalue weighted by molar-refractivity contribution is -0.122. The Bertz CT molecular complexity index is 1020. The van der Waals surface area contributed by atoms with Gasteiger partial charge < -0.3 is 10.2 Å². The fraction of sp³-hybridized carbons (Fsp3) is 0.500. The number of piperidine rings is 2. The van der Waals surface area contributed by atoms with Gasteiger partial charge in [-0.05, 0) is 67.9 Å². The maximum absolute atomic E-state index is 13.3. The molecule has 2 aliphatic rings. The molecule has 0 bridgehead atoms. The number of hydrogen-bond acceptors (Lipinski definition) is 4. The van der Waals surface area contributed by atoms with Crippen LogP contribution in [0.2, 0.25) is 0 Å². The second-order valence-corrected chi connectivity index (χ2v) is 11.4. The standard InChI is InChI=1S/C26H35N3O3S/c1-21-7-5-17-28(19-21)24-12-14-25(15-13-24)33(31,32)29-18-6-10-23(20-29)27-26(30)16-11-22-8-3-2-4-9-22/h2-4,8-9,12-15,21,23H,5-7,10-11,16-20H2,1H3,(H,27,30). The van der Waals surface area contributed by atoms with Gasteiger partial charge in [0, 0.05) is 44.3 Å². The second kappa shape index (κ2) is 10.7. The van der Waals surface area contributed by atoms with Gasteiger partial charge in [-0.25, -0.2) is 8.42 Å². The highest BCUT2D eigenvalue weighted by Crippen LogP contribution is 2.26. The predicted octanol–water partition coefficient (Wildman–Crippen LogP) is 3.83. The van der Waals surface area contributed by atoms with Crippen molar-refractivity contribution in [2.75, 3.05) is 31.1 Å². The monoisotopic (exact) mass is 469 g/mol. The van der Waals surface area contributed by atoms with Crippen molar-refractivity contribution in [3.63, 3.8) is 0 Å². The zero-order chi connectivity index (χ0) is 23.3. The summed E-state index contributed by atoms with van der Waals surface area (Å²) in [5.74, 6) is 0.638. The molecule has 2 fully saturated rings. The van der Waals surface area contributed by atoms with Gasteiger partial charge in [-0.3, -0.25) is 4.79 Å². The number of anilines is 1. The fourth-order valence-corrected chi connectivity index (χ4v) is 6.41. The summed E-state index contributed by atoms with van der Waals surface area (Å²) in [5, 5.41) is 3.05. The number of nitrogens with zero attached hydrogens (tertiary/aromatic N) is 2. The number of benzene rings is 2. The summed E-state index contributed by atoms with van der Waals surface area (Å²) in [4.78, 5) is 15.1. The number of carbonyl (C=O) groups excluding carboxylic acids is 1. The van der Waals surface area contributed by atoms with E-state index in [4.69, 9.17) is 0 Å². The van der Waals surface area contributed by atoms with Gasteiger partial charge in [0.2, 0.25) is 15.9 Å². The van der Waals surface area contributed by atoms with Crippen LogP contribution in [0, 0.1) is 5.92 Å². The molecule has 2 atom stereocenters. The molecule has 2 unspecified atom stereocenters. The summed E-state index contributed by atoms with van der Waals surface area (Å²) >= 11 is 0. The Balaban J connectivity index is 1.34. The molecule has 0 spiro atoms. The SMILES string of the molecule is CC1CCCN(c2ccc(S(=O)(=O)N3CCCC(NC(=O)CCc4ccccc4)C3)cc2)C1. The molecule has 0 saturated carbocycles. The van der Waals surface area contributed by atoms with E-state index in [-0.39, 0.29) is 11.9 Å². The average Bonchev–Trinajstić information content (AvgIpc) is 2.84. The first-order valence-corrected chi connectivity index (χ1v) is 13.5. The van der Waals surface area contributed by atoms with E-state index in [1.54, 1.807) is 12.1 Å². The lowest BCUT2D eigenvalue weighted by Crippen LogP contribution is -2.49. The van der Waals surface area contributed by atoms with Crippen LogP contribution in [0.3, 0.4) is 0 Å². The van der Waals surface area contributed by atoms with Crippen LogP contribution in [0.15, 0.2) is 59.5 Å². The quantitative estimate of drug-likeness (QED) is 0.669. The molecule has 178 valence electrons. The summed E-state index contributed by atoms with van der Waals surface area (Å²) < 4.78 is 28.1. The van der Waals surface area contributed by atoms with Crippen molar-refractivity contribution >= 4 is 21.6 Å². The van der Waals surface area contributed by atoms with E-state index in [9.17, 15) is 13.2 Å². The third-order valence-corrected chi connectivity index (χ3v) is 8.61. The number of rotatable bonds is 7. The number of hydrogen-bond donors (Lipinski definition) is 1. The van der Waals surface area contributed by atoms with E-state index in [1.807, 2.05) is 42.5 Å². The third-order valence-electron chi connectivity index (χ3n) is 6.73. The molecule has 2 aliphatic heterocycles. The van der Waals surface area contributed by atoms with Gasteiger partial charge >= 0.3 is 0 Å². The number of carbonyl (C=O) groups is 1. The highest BCUT2D eigenvalue weighted by Gasteiger charge is 2.31. The lowest BCUT2D eigenvalue weighted by Gasteiger charge is -2.33. The third kappa shape index (κ3) is 6.15. The molecule has 2 aromatic carbocycles. The molecule has 1 amide bonds. The van der Waals surface area contributed by atoms with Crippen molar-refractivity contribution in [3.05, 3.63) is 60.2 Å². The van der Waals surface area contributed by atoms with Crippen LogP contribution >= 0.6 is 0 Å². The van der Waals surface area contributed by atoms with Crippen molar-refractivity contribution in [2.45, 2.75) is 56.4 Å². The topological polar surface area (TPSA) is 69.7 Å². The molecule has 2 aromatic rings. The molecule has 33 heavy (non-hydrogen) atoms. The molecule has 2 saturated heterocycles. The van der Waals surface area contributed by atoms with Crippen LogP contribution in [0.1, 0.15) is 44.6 Å². The van der Waals surface area contributed by atoms with Crippen LogP contribution in [-0.4, -0.2) is 50.9 Å². The lowest BCUT2D eigenvalue weighted by atomic mass is 10.00. The van der Waals surface area contributed by atoms with E-state index < -0.39 is 10.0 Å². The average molecular weight is 470 g/mol. The first-order chi connectivity index (χ1) is 15.9. The molecule has 2 heterocycles. The largest absolute Gasteiger partial charge is 0.371 e. The minimum atomic E-state index is -3.58. The number of aryl methyl sites for hydroxylation is 1. The van der Waals surface area contributed by atoms with Gasteiger partial charge in [-0.2, -0.15) is 4.31 Å². The Morgan fingerprint density at radius 1 is 0.970 bits per heavy atom. The van der Waals surface area contributed by atoms with E-state index in [0.29, 0.717) is 36.7 Å². The maximum atomic E-state index is 13.3. The number of amides is 1. The van der Waals surface area contributed by atoms with Crippen molar-refractivity contribution in [1.29, 1.82) is 0 Å². The molecule has 7 heteroatoms. The number of sulfonamides is 1. The Labute approximate surface area is 198 Å². The summed E-state index contributed by atoms with van der Waals surface area (Å²) in [6, 6.07) is 17.1. The van der Waals surface area contributed by atoms with Crippen molar-refractivity contribution in [1.82, 2.24) is 9.62 Å². The molecule has 1 N–H and O–H groups in total. The normalized spacial score (nSPS) is 22.2.